The molecule has 3 atom stereocenters. The third-order valence-corrected chi connectivity index (χ3v) is 9.78. The molecule has 2 aliphatic carbocycles. The summed E-state index contributed by atoms with van der Waals surface area (Å²) in [7, 11) is 1.71. The first-order chi connectivity index (χ1) is 21.3. The van der Waals surface area contributed by atoms with E-state index in [9.17, 15) is 15.3 Å². The fourth-order valence-corrected chi connectivity index (χ4v) is 7.65. The maximum atomic E-state index is 11.6. The number of aromatic hydroxyl groups is 2. The molecule has 0 bridgehead atoms. The third kappa shape index (κ3) is 5.98. The number of fused-ring (bicyclic) bond motifs is 5. The van der Waals surface area contributed by atoms with E-state index >= 15 is 0 Å². The van der Waals surface area contributed by atoms with Crippen LogP contribution in [0.3, 0.4) is 0 Å². The Kier molecular flexibility index (Phi) is 9.00. The summed E-state index contributed by atoms with van der Waals surface area (Å²) >= 11 is 0. The fraction of sp³-hybridized carbons (Fsp3) is 0.526. The van der Waals surface area contributed by atoms with Gasteiger partial charge in [0.1, 0.15) is 23.4 Å². The number of methoxy groups -OCH3 is 1. The number of benzene rings is 3. The first kappa shape index (κ1) is 30.6. The average molecular weight is 601 g/mol. The van der Waals surface area contributed by atoms with Crippen molar-refractivity contribution in [3.63, 3.8) is 0 Å². The predicted octanol–water partition coefficient (Wildman–Crippen LogP) is 8.55. The molecule has 1 aliphatic heterocycles. The second kappa shape index (κ2) is 12.9. The van der Waals surface area contributed by atoms with Crippen LogP contribution in [0.4, 0.5) is 0 Å². The van der Waals surface area contributed by atoms with Crippen molar-refractivity contribution >= 4 is 0 Å². The van der Waals surface area contributed by atoms with Crippen molar-refractivity contribution < 1.29 is 29.5 Å². The molecule has 3 aliphatic rings. The molecular formula is C38H48O6. The van der Waals surface area contributed by atoms with Crippen LogP contribution in [0.15, 0.2) is 36.4 Å². The van der Waals surface area contributed by atoms with Gasteiger partial charge in [0.2, 0.25) is 0 Å². The number of phenolic OH excluding ortho intramolecular Hbond substituents is 2. The maximum Gasteiger partial charge on any atom is 0.161 e. The summed E-state index contributed by atoms with van der Waals surface area (Å²) in [5.74, 6) is 3.08. The Hall–Kier alpha value is -3.38. The molecule has 0 unspecified atom stereocenters. The van der Waals surface area contributed by atoms with Crippen LogP contribution in [0.25, 0.3) is 11.1 Å². The first-order valence-electron chi connectivity index (χ1n) is 16.7. The first-order valence-corrected chi connectivity index (χ1v) is 16.7. The Morgan fingerprint density at radius 1 is 0.955 bits per heavy atom. The second-order valence-corrected chi connectivity index (χ2v) is 13.5. The van der Waals surface area contributed by atoms with Gasteiger partial charge < -0.3 is 29.5 Å². The van der Waals surface area contributed by atoms with E-state index in [4.69, 9.17) is 14.2 Å². The summed E-state index contributed by atoms with van der Waals surface area (Å²) in [6, 6.07) is 11.4. The number of hydrogen-bond acceptors (Lipinski definition) is 6. The SMILES string of the molecule is CCCCC[C@@H]1Cc2cc(O)c(CC(C)C)cc2-c2c(OC)cc3c(c21)C[C@@H](O)[C@H](c1ccc(O)c(OC2CCCC2)c1)O3. The lowest BCUT2D eigenvalue weighted by molar-refractivity contribution is 0.0200. The van der Waals surface area contributed by atoms with E-state index in [1.807, 2.05) is 24.3 Å². The molecule has 1 saturated carbocycles. The molecule has 236 valence electrons. The van der Waals surface area contributed by atoms with E-state index in [1.54, 1.807) is 13.2 Å². The van der Waals surface area contributed by atoms with Crippen molar-refractivity contribution in [1.29, 1.82) is 0 Å². The highest BCUT2D eigenvalue weighted by Gasteiger charge is 2.38. The van der Waals surface area contributed by atoms with Crippen LogP contribution in [0, 0.1) is 5.92 Å². The van der Waals surface area contributed by atoms with Gasteiger partial charge in [0.25, 0.3) is 0 Å². The van der Waals surface area contributed by atoms with E-state index in [0.29, 0.717) is 23.8 Å². The highest BCUT2D eigenvalue weighted by molar-refractivity contribution is 5.83. The van der Waals surface area contributed by atoms with Gasteiger partial charge in [-0.1, -0.05) is 46.1 Å². The van der Waals surface area contributed by atoms with Crippen molar-refractivity contribution in [2.45, 2.75) is 116 Å². The Morgan fingerprint density at radius 2 is 1.75 bits per heavy atom. The molecular weight excluding hydrogens is 552 g/mol. The fourth-order valence-electron chi connectivity index (χ4n) is 7.65. The highest BCUT2D eigenvalue weighted by atomic mass is 16.5. The molecule has 1 heterocycles. The molecule has 6 rings (SSSR count). The van der Waals surface area contributed by atoms with E-state index in [2.05, 4.69) is 26.8 Å². The van der Waals surface area contributed by atoms with Gasteiger partial charge in [-0.25, -0.2) is 0 Å². The molecule has 1 fully saturated rings. The van der Waals surface area contributed by atoms with Crippen LogP contribution in [-0.4, -0.2) is 34.6 Å². The molecule has 3 aromatic rings. The molecule has 0 saturated heterocycles. The summed E-state index contributed by atoms with van der Waals surface area (Å²) in [6.45, 7) is 6.56. The van der Waals surface area contributed by atoms with Gasteiger partial charge >= 0.3 is 0 Å². The second-order valence-electron chi connectivity index (χ2n) is 13.5. The van der Waals surface area contributed by atoms with Gasteiger partial charge in [-0.2, -0.15) is 0 Å². The van der Waals surface area contributed by atoms with Crippen molar-refractivity contribution in [2.75, 3.05) is 7.11 Å². The van der Waals surface area contributed by atoms with E-state index in [1.165, 1.54) is 5.56 Å². The molecule has 0 spiro atoms. The van der Waals surface area contributed by atoms with Gasteiger partial charge in [-0.3, -0.25) is 0 Å². The number of aliphatic hydroxyl groups excluding tert-OH is 1. The van der Waals surface area contributed by atoms with Crippen molar-refractivity contribution in [3.05, 3.63) is 64.2 Å². The van der Waals surface area contributed by atoms with Crippen LogP contribution < -0.4 is 14.2 Å². The minimum Gasteiger partial charge on any atom is -0.508 e. The predicted molar refractivity (Wildman–Crippen MR) is 173 cm³/mol. The van der Waals surface area contributed by atoms with Crippen molar-refractivity contribution in [3.8, 4) is 39.9 Å². The van der Waals surface area contributed by atoms with Crippen LogP contribution in [0.1, 0.15) is 112 Å². The molecule has 44 heavy (non-hydrogen) atoms. The molecule has 0 radical (unpaired) electrons. The number of unbranched alkanes of at least 4 members (excludes halogenated alkanes) is 2. The third-order valence-electron chi connectivity index (χ3n) is 9.78. The van der Waals surface area contributed by atoms with E-state index < -0.39 is 12.2 Å². The van der Waals surface area contributed by atoms with Gasteiger partial charge in [-0.15, -0.1) is 0 Å². The Labute approximate surface area is 262 Å². The summed E-state index contributed by atoms with van der Waals surface area (Å²) < 4.78 is 18.9. The molecule has 3 N–H and O–H groups in total. The Bertz CT molecular complexity index is 1490. The lowest BCUT2D eigenvalue weighted by Crippen LogP contribution is -2.32. The monoisotopic (exact) mass is 600 g/mol. The molecule has 6 nitrogen and oxygen atoms in total. The number of rotatable bonds is 10. The van der Waals surface area contributed by atoms with E-state index in [0.717, 1.165) is 109 Å². The lowest BCUT2D eigenvalue weighted by atomic mass is 9.72. The summed E-state index contributed by atoms with van der Waals surface area (Å²) in [6.07, 6.45) is 9.55. The number of ether oxygens (including phenoxy) is 3. The van der Waals surface area contributed by atoms with Crippen molar-refractivity contribution in [2.24, 2.45) is 5.92 Å². The average Bonchev–Trinajstić information content (AvgIpc) is 3.51. The summed E-state index contributed by atoms with van der Waals surface area (Å²) in [4.78, 5) is 0. The minimum atomic E-state index is -0.766. The van der Waals surface area contributed by atoms with Crippen LogP contribution in [0.5, 0.6) is 28.7 Å². The molecule has 3 aromatic carbocycles. The zero-order valence-electron chi connectivity index (χ0n) is 26.7. The van der Waals surface area contributed by atoms with Gasteiger partial charge in [0.15, 0.2) is 11.5 Å². The standard InChI is InChI=1S/C38H48O6/c1-5-6-7-10-23-16-25-18-31(40)26(15-22(2)3)17-28(25)37-35(42-4)21-33-29(36(23)37)20-32(41)38(44-33)24-13-14-30(39)34(19-24)43-27-11-8-9-12-27/h13-14,17-19,21-23,27,32,38-41H,5-12,15-16,20H2,1-4H3/t23-,32-,38+/m1/s1. The number of phenols is 2. The quantitative estimate of drug-likeness (QED) is 0.202. The van der Waals surface area contributed by atoms with Gasteiger partial charge in [0, 0.05) is 23.6 Å². The number of aliphatic hydroxyl groups is 1. The molecule has 6 heteroatoms. The van der Waals surface area contributed by atoms with E-state index in [-0.39, 0.29) is 17.8 Å². The van der Waals surface area contributed by atoms with Crippen LogP contribution in [0.2, 0.25) is 0 Å². The summed E-state index contributed by atoms with van der Waals surface area (Å²) in [5.41, 5.74) is 7.34. The zero-order valence-corrected chi connectivity index (χ0v) is 26.7. The number of hydrogen-bond donors (Lipinski definition) is 3. The smallest absolute Gasteiger partial charge is 0.161 e. The lowest BCUT2D eigenvalue weighted by Gasteiger charge is -2.38. The highest BCUT2D eigenvalue weighted by Crippen LogP contribution is 2.54. The van der Waals surface area contributed by atoms with Crippen LogP contribution in [-0.2, 0) is 19.3 Å². The largest absolute Gasteiger partial charge is 0.508 e. The zero-order chi connectivity index (χ0) is 31.0. The topological polar surface area (TPSA) is 88.4 Å². The van der Waals surface area contributed by atoms with Gasteiger partial charge in [-0.05, 0) is 109 Å². The Balaban J connectivity index is 1.42. The summed E-state index contributed by atoms with van der Waals surface area (Å²) in [5, 5.41) is 33.1. The Morgan fingerprint density at radius 3 is 2.48 bits per heavy atom. The van der Waals surface area contributed by atoms with Crippen molar-refractivity contribution in [1.82, 2.24) is 0 Å². The van der Waals surface area contributed by atoms with Crippen LogP contribution >= 0.6 is 0 Å². The maximum absolute atomic E-state index is 11.6. The normalized spacial score (nSPS) is 21.0. The van der Waals surface area contributed by atoms with Gasteiger partial charge in [0.05, 0.1) is 19.3 Å². The molecule has 0 aromatic heterocycles. The molecule has 0 amide bonds. The minimum absolute atomic E-state index is 0.110.